The van der Waals surface area contributed by atoms with Gasteiger partial charge in [0.2, 0.25) is 5.91 Å². The average molecular weight is 336 g/mol. The van der Waals surface area contributed by atoms with E-state index in [4.69, 9.17) is 4.74 Å². The molecule has 0 unspecified atom stereocenters. The van der Waals surface area contributed by atoms with Gasteiger partial charge in [-0.25, -0.2) is 0 Å². The molecule has 1 saturated heterocycles. The molecule has 5 heteroatoms. The topological polar surface area (TPSA) is 58.6 Å². The zero-order valence-electron chi connectivity index (χ0n) is 13.9. The number of fused-ring (bicyclic) bond motifs is 1. The van der Waals surface area contributed by atoms with Crippen LogP contribution in [0.3, 0.4) is 0 Å². The Kier molecular flexibility index (Phi) is 4.14. The highest BCUT2D eigenvalue weighted by Gasteiger charge is 2.28. The van der Waals surface area contributed by atoms with Crippen molar-refractivity contribution in [1.82, 2.24) is 5.32 Å². The molecule has 0 bridgehead atoms. The highest BCUT2D eigenvalue weighted by Crippen LogP contribution is 2.32. The van der Waals surface area contributed by atoms with E-state index in [1.165, 1.54) is 0 Å². The second-order valence-corrected chi connectivity index (χ2v) is 6.37. The highest BCUT2D eigenvalue weighted by molar-refractivity contribution is 6.05. The molecule has 0 saturated carbocycles. The summed E-state index contributed by atoms with van der Waals surface area (Å²) < 4.78 is 5.66. The second kappa shape index (κ2) is 6.59. The largest absolute Gasteiger partial charge is 0.493 e. The van der Waals surface area contributed by atoms with Crippen LogP contribution < -0.4 is 15.0 Å². The summed E-state index contributed by atoms with van der Waals surface area (Å²) in [4.78, 5) is 26.7. The van der Waals surface area contributed by atoms with E-state index in [-0.39, 0.29) is 17.9 Å². The van der Waals surface area contributed by atoms with Crippen molar-refractivity contribution in [3.05, 3.63) is 59.7 Å². The summed E-state index contributed by atoms with van der Waals surface area (Å²) in [5, 5.41) is 3.11. The smallest absolute Gasteiger partial charge is 0.253 e. The standard InChI is InChI=1S/C20H20N2O3/c23-19-10-5-12-22(19)17-8-3-1-7-15(17)20(24)21-16-11-13-25-18-9-4-2-6-14(16)18/h1-4,6-9,16H,5,10-13H2,(H,21,24)/t16-/m1/s1. The van der Waals surface area contributed by atoms with Gasteiger partial charge in [0, 0.05) is 24.9 Å². The summed E-state index contributed by atoms with van der Waals surface area (Å²) in [7, 11) is 0. The first-order valence-electron chi connectivity index (χ1n) is 8.66. The maximum Gasteiger partial charge on any atom is 0.253 e. The molecule has 25 heavy (non-hydrogen) atoms. The molecule has 5 nitrogen and oxygen atoms in total. The van der Waals surface area contributed by atoms with Crippen LogP contribution in [-0.4, -0.2) is 25.0 Å². The molecule has 1 N–H and O–H groups in total. The second-order valence-electron chi connectivity index (χ2n) is 6.37. The van der Waals surface area contributed by atoms with Crippen LogP contribution in [0.1, 0.15) is 41.2 Å². The van der Waals surface area contributed by atoms with Crippen molar-refractivity contribution in [3.8, 4) is 5.75 Å². The van der Waals surface area contributed by atoms with Crippen molar-refractivity contribution < 1.29 is 14.3 Å². The van der Waals surface area contributed by atoms with Gasteiger partial charge in [0.1, 0.15) is 5.75 Å². The van der Waals surface area contributed by atoms with E-state index in [1.807, 2.05) is 42.5 Å². The fourth-order valence-corrected chi connectivity index (χ4v) is 3.53. The van der Waals surface area contributed by atoms with Crippen LogP contribution >= 0.6 is 0 Å². The first-order valence-corrected chi connectivity index (χ1v) is 8.66. The number of anilines is 1. The number of hydrogen-bond donors (Lipinski definition) is 1. The van der Waals surface area contributed by atoms with Crippen LogP contribution in [0.2, 0.25) is 0 Å². The van der Waals surface area contributed by atoms with Gasteiger partial charge >= 0.3 is 0 Å². The number of para-hydroxylation sites is 2. The lowest BCUT2D eigenvalue weighted by atomic mass is 10.00. The molecule has 1 fully saturated rings. The lowest BCUT2D eigenvalue weighted by Crippen LogP contribution is -2.34. The predicted octanol–water partition coefficient (Wildman–Crippen LogP) is 3.07. The van der Waals surface area contributed by atoms with Gasteiger partial charge in [0.25, 0.3) is 5.91 Å². The van der Waals surface area contributed by atoms with Gasteiger partial charge in [-0.1, -0.05) is 30.3 Å². The van der Waals surface area contributed by atoms with Crippen LogP contribution in [0.15, 0.2) is 48.5 Å². The molecule has 2 aliphatic rings. The van der Waals surface area contributed by atoms with E-state index >= 15 is 0 Å². The zero-order valence-corrected chi connectivity index (χ0v) is 13.9. The lowest BCUT2D eigenvalue weighted by Gasteiger charge is -2.27. The van der Waals surface area contributed by atoms with Gasteiger partial charge in [-0.05, 0) is 24.6 Å². The Morgan fingerprint density at radius 1 is 1.12 bits per heavy atom. The molecule has 2 heterocycles. The SMILES string of the molecule is O=C(N[C@@H]1CCOc2ccccc21)c1ccccc1N1CCCC1=O. The van der Waals surface area contributed by atoms with E-state index in [1.54, 1.807) is 11.0 Å². The van der Waals surface area contributed by atoms with Crippen molar-refractivity contribution in [3.63, 3.8) is 0 Å². The Morgan fingerprint density at radius 3 is 2.76 bits per heavy atom. The minimum absolute atomic E-state index is 0.0802. The van der Waals surface area contributed by atoms with E-state index in [0.29, 0.717) is 30.8 Å². The lowest BCUT2D eigenvalue weighted by molar-refractivity contribution is -0.117. The fraction of sp³-hybridized carbons (Fsp3) is 0.300. The molecule has 1 atom stereocenters. The van der Waals surface area contributed by atoms with Gasteiger partial charge in [-0.3, -0.25) is 9.59 Å². The van der Waals surface area contributed by atoms with E-state index in [9.17, 15) is 9.59 Å². The molecular formula is C20H20N2O3. The molecule has 0 radical (unpaired) electrons. The average Bonchev–Trinajstić information content (AvgIpc) is 3.08. The number of carbonyl (C=O) groups is 2. The monoisotopic (exact) mass is 336 g/mol. The summed E-state index contributed by atoms with van der Waals surface area (Å²) in [5.41, 5.74) is 2.24. The maximum atomic E-state index is 12.9. The normalized spacial score (nSPS) is 19.3. The third kappa shape index (κ3) is 2.97. The van der Waals surface area contributed by atoms with Crippen LogP contribution in [0.5, 0.6) is 5.75 Å². The van der Waals surface area contributed by atoms with Crippen molar-refractivity contribution in [2.75, 3.05) is 18.1 Å². The summed E-state index contributed by atoms with van der Waals surface area (Å²) in [6.07, 6.45) is 2.11. The van der Waals surface area contributed by atoms with E-state index in [2.05, 4.69) is 5.32 Å². The molecular weight excluding hydrogens is 316 g/mol. The Morgan fingerprint density at radius 2 is 1.92 bits per heavy atom. The quantitative estimate of drug-likeness (QED) is 0.937. The molecule has 2 amide bonds. The molecule has 2 aromatic rings. The number of rotatable bonds is 3. The maximum absolute atomic E-state index is 12.9. The van der Waals surface area contributed by atoms with Crippen LogP contribution in [-0.2, 0) is 4.79 Å². The summed E-state index contributed by atoms with van der Waals surface area (Å²) >= 11 is 0. The number of nitrogens with zero attached hydrogens (tertiary/aromatic N) is 1. The van der Waals surface area contributed by atoms with E-state index in [0.717, 1.165) is 24.2 Å². The minimum atomic E-state index is -0.156. The first kappa shape index (κ1) is 15.7. The molecule has 2 aliphatic heterocycles. The third-order valence-electron chi connectivity index (χ3n) is 4.78. The van der Waals surface area contributed by atoms with Crippen LogP contribution in [0, 0.1) is 0 Å². The summed E-state index contributed by atoms with van der Waals surface area (Å²) in [6, 6.07) is 15.0. The van der Waals surface area contributed by atoms with Crippen molar-refractivity contribution >= 4 is 17.5 Å². The molecule has 128 valence electrons. The minimum Gasteiger partial charge on any atom is -0.493 e. The zero-order chi connectivity index (χ0) is 17.2. The van der Waals surface area contributed by atoms with Gasteiger partial charge in [0.05, 0.1) is 23.9 Å². The first-order chi connectivity index (χ1) is 12.2. The van der Waals surface area contributed by atoms with Crippen molar-refractivity contribution in [2.24, 2.45) is 0 Å². The Bertz CT molecular complexity index is 818. The van der Waals surface area contributed by atoms with E-state index < -0.39 is 0 Å². The van der Waals surface area contributed by atoms with Crippen molar-refractivity contribution in [1.29, 1.82) is 0 Å². The van der Waals surface area contributed by atoms with Crippen LogP contribution in [0.25, 0.3) is 0 Å². The number of amides is 2. The molecule has 0 aliphatic carbocycles. The Labute approximate surface area is 146 Å². The third-order valence-corrected chi connectivity index (χ3v) is 4.78. The molecule has 2 aromatic carbocycles. The molecule has 0 aromatic heterocycles. The fourth-order valence-electron chi connectivity index (χ4n) is 3.53. The summed E-state index contributed by atoms with van der Waals surface area (Å²) in [6.45, 7) is 1.25. The van der Waals surface area contributed by atoms with Gasteiger partial charge in [-0.2, -0.15) is 0 Å². The van der Waals surface area contributed by atoms with Gasteiger partial charge in [-0.15, -0.1) is 0 Å². The highest BCUT2D eigenvalue weighted by atomic mass is 16.5. The van der Waals surface area contributed by atoms with Gasteiger partial charge < -0.3 is 15.0 Å². The number of benzene rings is 2. The summed E-state index contributed by atoms with van der Waals surface area (Å²) in [5.74, 6) is 0.746. The van der Waals surface area contributed by atoms with Crippen LogP contribution in [0.4, 0.5) is 5.69 Å². The Hall–Kier alpha value is -2.82. The number of carbonyl (C=O) groups excluding carboxylic acids is 2. The van der Waals surface area contributed by atoms with Gasteiger partial charge in [0.15, 0.2) is 0 Å². The molecule has 4 rings (SSSR count). The molecule has 0 spiro atoms. The number of ether oxygens (including phenoxy) is 1. The van der Waals surface area contributed by atoms with Crippen molar-refractivity contribution in [2.45, 2.75) is 25.3 Å². The number of nitrogens with one attached hydrogen (secondary N) is 1. The Balaban J connectivity index is 1.60. The predicted molar refractivity (Wildman–Crippen MR) is 94.8 cm³/mol. The number of hydrogen-bond acceptors (Lipinski definition) is 3.